The van der Waals surface area contributed by atoms with Gasteiger partial charge in [0.15, 0.2) is 0 Å². The van der Waals surface area contributed by atoms with Crippen LogP contribution < -0.4 is 11.2 Å². The van der Waals surface area contributed by atoms with E-state index in [0.717, 1.165) is 4.57 Å². The summed E-state index contributed by atoms with van der Waals surface area (Å²) in [5.41, 5.74) is -0.923. The van der Waals surface area contributed by atoms with Crippen LogP contribution in [0.15, 0.2) is 38.3 Å². The molecule has 0 unspecified atom stereocenters. The zero-order chi connectivity index (χ0) is 14.0. The number of benzene rings is 1. The second kappa shape index (κ2) is 5.16. The van der Waals surface area contributed by atoms with Gasteiger partial charge in [-0.15, -0.1) is 6.42 Å². The van der Waals surface area contributed by atoms with Gasteiger partial charge in [-0.05, 0) is 6.07 Å². The second-order valence-electron chi connectivity index (χ2n) is 3.73. The highest BCUT2D eigenvalue weighted by Gasteiger charge is 2.17. The van der Waals surface area contributed by atoms with Gasteiger partial charge in [0, 0.05) is 10.0 Å². The van der Waals surface area contributed by atoms with Crippen LogP contribution in [0, 0.1) is 12.3 Å². The molecule has 2 rings (SSSR count). The third kappa shape index (κ3) is 2.33. The first kappa shape index (κ1) is 13.2. The van der Waals surface area contributed by atoms with Crippen molar-refractivity contribution in [2.75, 3.05) is 0 Å². The molecule has 0 fully saturated rings. The molecule has 6 heteroatoms. The number of hydrogen-bond acceptors (Lipinski definition) is 3. The van der Waals surface area contributed by atoms with Crippen molar-refractivity contribution in [3.8, 4) is 29.4 Å². The van der Waals surface area contributed by atoms with Crippen molar-refractivity contribution < 1.29 is 5.11 Å². The lowest BCUT2D eigenvalue weighted by Crippen LogP contribution is -2.30. The summed E-state index contributed by atoms with van der Waals surface area (Å²) in [4.78, 5) is 25.6. The Balaban J connectivity index is 2.83. The van der Waals surface area contributed by atoms with E-state index >= 15 is 0 Å². The molecule has 0 spiro atoms. The number of halogens is 1. The van der Waals surface area contributed by atoms with Gasteiger partial charge in [0.25, 0.3) is 5.56 Å². The van der Waals surface area contributed by atoms with Crippen LogP contribution >= 0.6 is 15.9 Å². The Labute approximate surface area is 116 Å². The van der Waals surface area contributed by atoms with Crippen molar-refractivity contribution in [2.24, 2.45) is 0 Å². The molecule has 5 nitrogen and oxygen atoms in total. The summed E-state index contributed by atoms with van der Waals surface area (Å²) in [7, 11) is 0. The van der Waals surface area contributed by atoms with Gasteiger partial charge in [0.1, 0.15) is 5.56 Å². The van der Waals surface area contributed by atoms with E-state index in [1.807, 2.05) is 0 Å². The molecule has 0 atom stereocenters. The van der Waals surface area contributed by atoms with Crippen LogP contribution in [0.4, 0.5) is 0 Å². The molecule has 0 radical (unpaired) electrons. The molecule has 0 saturated carbocycles. The monoisotopic (exact) mass is 320 g/mol. The van der Waals surface area contributed by atoms with E-state index in [4.69, 9.17) is 6.42 Å². The summed E-state index contributed by atoms with van der Waals surface area (Å²) in [6.45, 7) is -0.126. The maximum atomic E-state index is 11.9. The predicted molar refractivity (Wildman–Crippen MR) is 75.0 cm³/mol. The maximum absolute atomic E-state index is 11.9. The number of hydrogen-bond donors (Lipinski definition) is 2. The smallest absolute Gasteiger partial charge is 0.332 e. The van der Waals surface area contributed by atoms with E-state index in [1.165, 1.54) is 0 Å². The summed E-state index contributed by atoms with van der Waals surface area (Å²) in [6.07, 6.45) is 5.13. The predicted octanol–water partition coefficient (Wildman–Crippen LogP) is 1.30. The normalized spacial score (nSPS) is 10.1. The lowest BCUT2D eigenvalue weighted by atomic mass is 10.1. The number of aromatic nitrogens is 2. The molecule has 1 aromatic carbocycles. The van der Waals surface area contributed by atoms with E-state index < -0.39 is 17.1 Å². The van der Waals surface area contributed by atoms with Crippen molar-refractivity contribution in [3.63, 3.8) is 0 Å². The lowest BCUT2D eigenvalue weighted by Gasteiger charge is -2.10. The Kier molecular flexibility index (Phi) is 3.58. The maximum Gasteiger partial charge on any atom is 0.332 e. The first-order valence-electron chi connectivity index (χ1n) is 5.30. The van der Waals surface area contributed by atoms with Gasteiger partial charge >= 0.3 is 5.69 Å². The van der Waals surface area contributed by atoms with Gasteiger partial charge in [0.05, 0.1) is 6.54 Å². The summed E-state index contributed by atoms with van der Waals surface area (Å²) in [6, 6.07) is 6.87. The van der Waals surface area contributed by atoms with Crippen LogP contribution in [0.2, 0.25) is 0 Å². The minimum absolute atomic E-state index is 0.00215. The molecule has 2 aromatic rings. The van der Waals surface area contributed by atoms with Crippen LogP contribution in [0.1, 0.15) is 0 Å². The molecular weight excluding hydrogens is 312 g/mol. The van der Waals surface area contributed by atoms with Gasteiger partial charge < -0.3 is 5.11 Å². The van der Waals surface area contributed by atoms with Crippen molar-refractivity contribution in [1.29, 1.82) is 0 Å². The molecule has 1 heterocycles. The molecule has 0 aliphatic rings. The average molecular weight is 321 g/mol. The molecule has 0 amide bonds. The number of nitrogens with one attached hydrogen (secondary N) is 1. The SMILES string of the molecule is C#CCn1c(O)c(-c2ccccc2Br)c(=O)[nH]c1=O. The fourth-order valence-electron chi connectivity index (χ4n) is 1.70. The number of aromatic hydroxyl groups is 1. The van der Waals surface area contributed by atoms with Gasteiger partial charge in [0.2, 0.25) is 5.88 Å². The lowest BCUT2D eigenvalue weighted by molar-refractivity contribution is 0.415. The van der Waals surface area contributed by atoms with Gasteiger partial charge in [-0.25, -0.2) is 4.79 Å². The van der Waals surface area contributed by atoms with Crippen molar-refractivity contribution in [2.45, 2.75) is 6.54 Å². The quantitative estimate of drug-likeness (QED) is 0.819. The molecule has 0 aliphatic heterocycles. The number of terminal acetylenes is 1. The minimum atomic E-state index is -0.740. The van der Waals surface area contributed by atoms with E-state index in [1.54, 1.807) is 24.3 Å². The van der Waals surface area contributed by atoms with E-state index in [2.05, 4.69) is 26.8 Å². The summed E-state index contributed by atoms with van der Waals surface area (Å²) >= 11 is 3.29. The van der Waals surface area contributed by atoms with Crippen LogP contribution in [-0.4, -0.2) is 14.7 Å². The third-order valence-corrected chi connectivity index (χ3v) is 3.26. The fraction of sp³-hybridized carbons (Fsp3) is 0.0769. The molecular formula is C13H9BrN2O3. The van der Waals surface area contributed by atoms with Crippen LogP contribution in [0.3, 0.4) is 0 Å². The Bertz CT molecular complexity index is 784. The molecule has 2 N–H and O–H groups in total. The number of nitrogens with zero attached hydrogens (tertiary/aromatic N) is 1. The third-order valence-electron chi connectivity index (χ3n) is 2.56. The Hall–Kier alpha value is -2.26. The Morgan fingerprint density at radius 3 is 2.68 bits per heavy atom. The number of rotatable bonds is 2. The van der Waals surface area contributed by atoms with Crippen molar-refractivity contribution in [3.05, 3.63) is 49.6 Å². The van der Waals surface area contributed by atoms with Gasteiger partial charge in [-0.1, -0.05) is 40.0 Å². The van der Waals surface area contributed by atoms with Crippen LogP contribution in [0.25, 0.3) is 11.1 Å². The highest BCUT2D eigenvalue weighted by molar-refractivity contribution is 9.10. The Morgan fingerprint density at radius 1 is 1.37 bits per heavy atom. The Morgan fingerprint density at radius 2 is 2.05 bits per heavy atom. The van der Waals surface area contributed by atoms with Gasteiger partial charge in [-0.3, -0.25) is 14.3 Å². The standard InChI is InChI=1S/C13H9BrN2O3/c1-2-7-16-12(18)10(11(17)15-13(16)19)8-5-3-4-6-9(8)14/h1,3-6,18H,7H2,(H,15,17,19). The minimum Gasteiger partial charge on any atom is -0.494 e. The second-order valence-corrected chi connectivity index (χ2v) is 4.58. The van der Waals surface area contributed by atoms with Crippen molar-refractivity contribution in [1.82, 2.24) is 9.55 Å². The number of H-pyrrole nitrogens is 1. The first-order valence-corrected chi connectivity index (χ1v) is 6.10. The number of aromatic amines is 1. The summed E-state index contributed by atoms with van der Waals surface area (Å²) < 4.78 is 1.55. The molecule has 0 aliphatic carbocycles. The van der Waals surface area contributed by atoms with E-state index in [-0.39, 0.29) is 12.1 Å². The van der Waals surface area contributed by atoms with E-state index in [9.17, 15) is 14.7 Å². The van der Waals surface area contributed by atoms with E-state index in [0.29, 0.717) is 10.0 Å². The zero-order valence-corrected chi connectivity index (χ0v) is 11.3. The van der Waals surface area contributed by atoms with Crippen LogP contribution in [-0.2, 0) is 6.54 Å². The molecule has 1 aromatic heterocycles. The molecule has 96 valence electrons. The zero-order valence-electron chi connectivity index (χ0n) is 9.68. The molecule has 0 bridgehead atoms. The highest BCUT2D eigenvalue weighted by Crippen LogP contribution is 2.30. The average Bonchev–Trinajstić information content (AvgIpc) is 2.36. The van der Waals surface area contributed by atoms with Crippen molar-refractivity contribution >= 4 is 15.9 Å². The van der Waals surface area contributed by atoms with Gasteiger partial charge in [-0.2, -0.15) is 0 Å². The topological polar surface area (TPSA) is 75.1 Å². The first-order chi connectivity index (χ1) is 9.06. The fourth-order valence-corrected chi connectivity index (χ4v) is 2.19. The summed E-state index contributed by atoms with van der Waals surface area (Å²) in [5, 5.41) is 10.1. The molecule has 0 saturated heterocycles. The summed E-state index contributed by atoms with van der Waals surface area (Å²) in [5.74, 6) is 1.80. The van der Waals surface area contributed by atoms with Crippen LogP contribution in [0.5, 0.6) is 5.88 Å². The highest BCUT2D eigenvalue weighted by atomic mass is 79.9. The largest absolute Gasteiger partial charge is 0.494 e. The molecule has 19 heavy (non-hydrogen) atoms.